The molecule has 0 fully saturated rings. The Morgan fingerprint density at radius 3 is 2.33 bits per heavy atom. The highest BCUT2D eigenvalue weighted by molar-refractivity contribution is 5.24. The first kappa shape index (κ1) is 15.1. The molecule has 0 radical (unpaired) electrons. The summed E-state index contributed by atoms with van der Waals surface area (Å²) in [7, 11) is 0. The summed E-state index contributed by atoms with van der Waals surface area (Å²) < 4.78 is 26.5. The van der Waals surface area contributed by atoms with Gasteiger partial charge in [0.15, 0.2) is 0 Å². The zero-order valence-corrected chi connectivity index (χ0v) is 11.1. The molecule has 18 heavy (non-hydrogen) atoms. The molecule has 0 aliphatic carbocycles. The molecule has 4 heteroatoms. The van der Waals surface area contributed by atoms with Crippen LogP contribution in [0, 0.1) is 17.0 Å². The number of halogens is 2. The number of nitrogens with two attached hydrogens (primary N) is 1. The molecule has 1 aromatic carbocycles. The second kappa shape index (κ2) is 5.76. The lowest BCUT2D eigenvalue weighted by Gasteiger charge is -2.28. The van der Waals surface area contributed by atoms with Crippen molar-refractivity contribution in [2.45, 2.75) is 39.2 Å². The van der Waals surface area contributed by atoms with Gasteiger partial charge in [-0.2, -0.15) is 0 Å². The molecule has 0 heterocycles. The maximum atomic E-state index is 13.7. The molecular weight excluding hydrogens is 236 g/mol. The number of hydrogen-bond donors (Lipinski definition) is 2. The molecule has 0 aliphatic rings. The lowest BCUT2D eigenvalue weighted by molar-refractivity contribution is 0.0959. The number of benzene rings is 1. The van der Waals surface area contributed by atoms with Crippen LogP contribution < -0.4 is 5.73 Å². The standard InChI is InChI=1S/C14H21F2NO/c1-14(2,3)7-13(18)11(8-17)10-5-4-9(15)6-12(10)16/h4-6,11,13,18H,7-8,17H2,1-3H3. The van der Waals surface area contributed by atoms with Crippen LogP contribution in [0.2, 0.25) is 0 Å². The maximum absolute atomic E-state index is 13.7. The van der Waals surface area contributed by atoms with Crippen LogP contribution in [0.5, 0.6) is 0 Å². The Morgan fingerprint density at radius 1 is 1.28 bits per heavy atom. The van der Waals surface area contributed by atoms with E-state index in [2.05, 4.69) is 0 Å². The van der Waals surface area contributed by atoms with Crippen molar-refractivity contribution >= 4 is 0 Å². The normalized spacial score (nSPS) is 15.5. The molecular formula is C14H21F2NO. The van der Waals surface area contributed by atoms with E-state index < -0.39 is 23.7 Å². The van der Waals surface area contributed by atoms with E-state index in [1.807, 2.05) is 20.8 Å². The van der Waals surface area contributed by atoms with Crippen molar-refractivity contribution in [3.63, 3.8) is 0 Å². The van der Waals surface area contributed by atoms with E-state index in [1.54, 1.807) is 0 Å². The van der Waals surface area contributed by atoms with Gasteiger partial charge in [-0.05, 0) is 23.5 Å². The van der Waals surface area contributed by atoms with Crippen molar-refractivity contribution in [1.29, 1.82) is 0 Å². The van der Waals surface area contributed by atoms with Gasteiger partial charge in [0.2, 0.25) is 0 Å². The van der Waals surface area contributed by atoms with Crippen molar-refractivity contribution in [2.24, 2.45) is 11.1 Å². The molecule has 3 N–H and O–H groups in total. The summed E-state index contributed by atoms with van der Waals surface area (Å²) in [5.41, 5.74) is 5.80. The molecule has 2 unspecified atom stereocenters. The van der Waals surface area contributed by atoms with E-state index in [0.29, 0.717) is 6.42 Å². The van der Waals surface area contributed by atoms with Gasteiger partial charge < -0.3 is 10.8 Å². The highest BCUT2D eigenvalue weighted by Crippen LogP contribution is 2.30. The van der Waals surface area contributed by atoms with Crippen LogP contribution in [0.4, 0.5) is 8.78 Å². The summed E-state index contributed by atoms with van der Waals surface area (Å²) in [6.45, 7) is 6.10. The van der Waals surface area contributed by atoms with Gasteiger partial charge in [0, 0.05) is 18.5 Å². The Bertz CT molecular complexity index is 401. The van der Waals surface area contributed by atoms with Crippen LogP contribution in [0.3, 0.4) is 0 Å². The van der Waals surface area contributed by atoms with Crippen molar-refractivity contribution in [3.8, 4) is 0 Å². The van der Waals surface area contributed by atoms with Gasteiger partial charge in [0.05, 0.1) is 6.10 Å². The van der Waals surface area contributed by atoms with Gasteiger partial charge >= 0.3 is 0 Å². The van der Waals surface area contributed by atoms with Crippen molar-refractivity contribution in [2.75, 3.05) is 6.54 Å². The SMILES string of the molecule is CC(C)(C)CC(O)C(CN)c1ccc(F)cc1F. The van der Waals surface area contributed by atoms with E-state index in [0.717, 1.165) is 6.07 Å². The summed E-state index contributed by atoms with van der Waals surface area (Å²) in [5, 5.41) is 10.2. The minimum Gasteiger partial charge on any atom is -0.392 e. The third kappa shape index (κ3) is 4.03. The number of hydrogen-bond acceptors (Lipinski definition) is 2. The summed E-state index contributed by atoms with van der Waals surface area (Å²) in [6, 6.07) is 3.36. The highest BCUT2D eigenvalue weighted by Gasteiger charge is 2.27. The molecule has 0 bridgehead atoms. The number of aliphatic hydroxyl groups excluding tert-OH is 1. The minimum atomic E-state index is -0.741. The average molecular weight is 257 g/mol. The quantitative estimate of drug-likeness (QED) is 0.871. The first-order valence-corrected chi connectivity index (χ1v) is 6.07. The summed E-state index contributed by atoms with van der Waals surface area (Å²) in [5.74, 6) is -1.79. The predicted octanol–water partition coefficient (Wildman–Crippen LogP) is 2.80. The van der Waals surface area contributed by atoms with E-state index >= 15 is 0 Å². The Hall–Kier alpha value is -1.00. The number of aliphatic hydroxyl groups is 1. The lowest BCUT2D eigenvalue weighted by atomic mass is 9.82. The second-order valence-electron chi connectivity index (χ2n) is 5.84. The molecule has 2 nitrogen and oxygen atoms in total. The van der Waals surface area contributed by atoms with Gasteiger partial charge in [-0.15, -0.1) is 0 Å². The summed E-state index contributed by atoms with van der Waals surface area (Å²) >= 11 is 0. The fourth-order valence-electron chi connectivity index (χ4n) is 2.06. The van der Waals surface area contributed by atoms with Gasteiger partial charge in [0.25, 0.3) is 0 Å². The Balaban J connectivity index is 2.95. The third-order valence-corrected chi connectivity index (χ3v) is 2.90. The molecule has 0 saturated heterocycles. The van der Waals surface area contributed by atoms with Gasteiger partial charge in [-0.3, -0.25) is 0 Å². The Kier molecular flexibility index (Phi) is 4.82. The van der Waals surface area contributed by atoms with E-state index in [1.165, 1.54) is 12.1 Å². The molecule has 102 valence electrons. The predicted molar refractivity (Wildman–Crippen MR) is 68.2 cm³/mol. The largest absolute Gasteiger partial charge is 0.392 e. The molecule has 0 aromatic heterocycles. The van der Waals surface area contributed by atoms with Crippen LogP contribution >= 0.6 is 0 Å². The molecule has 1 rings (SSSR count). The minimum absolute atomic E-state index is 0.0800. The van der Waals surface area contributed by atoms with E-state index in [4.69, 9.17) is 5.73 Å². The topological polar surface area (TPSA) is 46.2 Å². The average Bonchev–Trinajstić information content (AvgIpc) is 2.19. The van der Waals surface area contributed by atoms with Crippen LogP contribution in [-0.2, 0) is 0 Å². The van der Waals surface area contributed by atoms with Crippen LogP contribution in [0.25, 0.3) is 0 Å². The maximum Gasteiger partial charge on any atom is 0.129 e. The molecule has 1 aromatic rings. The van der Waals surface area contributed by atoms with Crippen LogP contribution in [0.1, 0.15) is 38.7 Å². The highest BCUT2D eigenvalue weighted by atomic mass is 19.1. The Labute approximate surface area is 107 Å². The van der Waals surface area contributed by atoms with E-state index in [-0.39, 0.29) is 17.5 Å². The van der Waals surface area contributed by atoms with Crippen LogP contribution in [-0.4, -0.2) is 17.8 Å². The fourth-order valence-corrected chi connectivity index (χ4v) is 2.06. The molecule has 0 spiro atoms. The summed E-state index contributed by atoms with van der Waals surface area (Å²) in [6.07, 6.45) is -0.235. The van der Waals surface area contributed by atoms with Gasteiger partial charge in [-0.25, -0.2) is 8.78 Å². The molecule has 2 atom stereocenters. The Morgan fingerprint density at radius 2 is 1.89 bits per heavy atom. The van der Waals surface area contributed by atoms with Crippen molar-refractivity contribution in [3.05, 3.63) is 35.4 Å². The zero-order valence-electron chi connectivity index (χ0n) is 11.1. The van der Waals surface area contributed by atoms with Gasteiger partial charge in [-0.1, -0.05) is 26.8 Å². The van der Waals surface area contributed by atoms with Gasteiger partial charge in [0.1, 0.15) is 11.6 Å². The van der Waals surface area contributed by atoms with E-state index in [9.17, 15) is 13.9 Å². The van der Waals surface area contributed by atoms with Crippen molar-refractivity contribution < 1.29 is 13.9 Å². The smallest absolute Gasteiger partial charge is 0.129 e. The molecule has 0 aliphatic heterocycles. The third-order valence-electron chi connectivity index (χ3n) is 2.90. The van der Waals surface area contributed by atoms with Crippen molar-refractivity contribution in [1.82, 2.24) is 0 Å². The van der Waals surface area contributed by atoms with Crippen LogP contribution in [0.15, 0.2) is 18.2 Å². The molecule has 0 saturated carbocycles. The fraction of sp³-hybridized carbons (Fsp3) is 0.571. The lowest BCUT2D eigenvalue weighted by Crippen LogP contribution is -2.30. The zero-order chi connectivity index (χ0) is 13.9. The number of rotatable bonds is 4. The first-order valence-electron chi connectivity index (χ1n) is 6.07. The monoisotopic (exact) mass is 257 g/mol. The molecule has 0 amide bonds. The first-order chi connectivity index (χ1) is 8.24. The second-order valence-corrected chi connectivity index (χ2v) is 5.84. The summed E-state index contributed by atoms with van der Waals surface area (Å²) in [4.78, 5) is 0.